The summed E-state index contributed by atoms with van der Waals surface area (Å²) < 4.78 is 26.7. The number of nitriles is 1. The highest BCUT2D eigenvalue weighted by molar-refractivity contribution is 7.89. The molecule has 1 amide bonds. The number of hydrogen-bond donors (Lipinski definition) is 2. The van der Waals surface area contributed by atoms with Gasteiger partial charge in [0.25, 0.3) is 5.91 Å². The Kier molecular flexibility index (Phi) is 7.73. The lowest BCUT2D eigenvalue weighted by Gasteiger charge is -2.21. The number of benzene rings is 2. The standard InChI is InChI=1S/C21H25N3O3S/c1-16(2)15-20(17-7-4-3-5-8-17)24-21(25)18-9-11-19(12-10-18)28(26,27)23-14-6-13-22/h3-5,7-12,16,20,23H,6,14-15H2,1-2H3,(H,24,25). The van der Waals surface area contributed by atoms with Crippen molar-refractivity contribution >= 4 is 15.9 Å². The summed E-state index contributed by atoms with van der Waals surface area (Å²) in [4.78, 5) is 12.7. The third kappa shape index (κ3) is 6.19. The molecule has 2 N–H and O–H groups in total. The summed E-state index contributed by atoms with van der Waals surface area (Å²) >= 11 is 0. The van der Waals surface area contributed by atoms with E-state index in [-0.39, 0.29) is 29.8 Å². The molecule has 0 fully saturated rings. The first-order valence-electron chi connectivity index (χ1n) is 9.16. The van der Waals surface area contributed by atoms with Gasteiger partial charge in [0, 0.05) is 18.5 Å². The molecule has 2 rings (SSSR count). The van der Waals surface area contributed by atoms with Gasteiger partial charge in [-0.1, -0.05) is 44.2 Å². The van der Waals surface area contributed by atoms with Gasteiger partial charge in [-0.15, -0.1) is 0 Å². The van der Waals surface area contributed by atoms with Crippen LogP contribution in [0.3, 0.4) is 0 Å². The molecule has 0 radical (unpaired) electrons. The topological polar surface area (TPSA) is 99.1 Å². The number of carbonyl (C=O) groups is 1. The van der Waals surface area contributed by atoms with Crippen LogP contribution in [0.5, 0.6) is 0 Å². The maximum absolute atomic E-state index is 12.7. The van der Waals surface area contributed by atoms with E-state index in [1.807, 2.05) is 36.4 Å². The zero-order valence-corrected chi connectivity index (χ0v) is 16.9. The van der Waals surface area contributed by atoms with E-state index in [0.717, 1.165) is 12.0 Å². The fourth-order valence-electron chi connectivity index (χ4n) is 2.79. The minimum atomic E-state index is -3.69. The smallest absolute Gasteiger partial charge is 0.251 e. The normalized spacial score (nSPS) is 12.4. The maximum Gasteiger partial charge on any atom is 0.251 e. The second kappa shape index (κ2) is 10.0. The predicted octanol–water partition coefficient (Wildman–Crippen LogP) is 3.40. The lowest BCUT2D eigenvalue weighted by molar-refractivity contribution is 0.0932. The number of amides is 1. The SMILES string of the molecule is CC(C)CC(NC(=O)c1ccc(S(=O)(=O)NCCC#N)cc1)c1ccccc1. The largest absolute Gasteiger partial charge is 0.345 e. The van der Waals surface area contributed by atoms with Crippen molar-refractivity contribution < 1.29 is 13.2 Å². The van der Waals surface area contributed by atoms with Crippen LogP contribution in [-0.4, -0.2) is 20.9 Å². The molecule has 7 heteroatoms. The van der Waals surface area contributed by atoms with E-state index in [1.165, 1.54) is 24.3 Å². The van der Waals surface area contributed by atoms with Gasteiger partial charge in [0.15, 0.2) is 0 Å². The average molecular weight is 400 g/mol. The summed E-state index contributed by atoms with van der Waals surface area (Å²) in [5, 5.41) is 11.6. The molecule has 1 atom stereocenters. The third-order valence-corrected chi connectivity index (χ3v) is 5.65. The minimum Gasteiger partial charge on any atom is -0.345 e. The van der Waals surface area contributed by atoms with Crippen LogP contribution < -0.4 is 10.0 Å². The second-order valence-corrected chi connectivity index (χ2v) is 8.66. The van der Waals surface area contributed by atoms with Crippen LogP contribution in [0.25, 0.3) is 0 Å². The first-order valence-corrected chi connectivity index (χ1v) is 10.6. The van der Waals surface area contributed by atoms with Crippen LogP contribution >= 0.6 is 0 Å². The van der Waals surface area contributed by atoms with Crippen LogP contribution in [0.15, 0.2) is 59.5 Å². The zero-order valence-electron chi connectivity index (χ0n) is 16.1. The lowest BCUT2D eigenvalue weighted by atomic mass is 9.96. The van der Waals surface area contributed by atoms with Crippen molar-refractivity contribution in [3.8, 4) is 6.07 Å². The van der Waals surface area contributed by atoms with Crippen molar-refractivity contribution in [1.29, 1.82) is 5.26 Å². The van der Waals surface area contributed by atoms with Crippen LogP contribution in [-0.2, 0) is 10.0 Å². The molecule has 1 unspecified atom stereocenters. The Hall–Kier alpha value is -2.69. The molecule has 0 heterocycles. The van der Waals surface area contributed by atoms with Gasteiger partial charge >= 0.3 is 0 Å². The molecule has 2 aromatic carbocycles. The van der Waals surface area contributed by atoms with Crippen molar-refractivity contribution in [1.82, 2.24) is 10.0 Å². The quantitative estimate of drug-likeness (QED) is 0.631. The van der Waals surface area contributed by atoms with Crippen molar-refractivity contribution in [2.24, 2.45) is 5.92 Å². The molecule has 0 aromatic heterocycles. The van der Waals surface area contributed by atoms with Crippen LogP contribution in [0.4, 0.5) is 0 Å². The van der Waals surface area contributed by atoms with Gasteiger partial charge in [0.1, 0.15) is 0 Å². The summed E-state index contributed by atoms with van der Waals surface area (Å²) in [6, 6.07) is 17.3. The van der Waals surface area contributed by atoms with Gasteiger partial charge in [-0.05, 0) is 42.2 Å². The average Bonchev–Trinajstić information content (AvgIpc) is 2.68. The van der Waals surface area contributed by atoms with Crippen molar-refractivity contribution in [3.63, 3.8) is 0 Å². The first-order chi connectivity index (χ1) is 13.3. The minimum absolute atomic E-state index is 0.0506. The number of sulfonamides is 1. The van der Waals surface area contributed by atoms with E-state index in [2.05, 4.69) is 23.9 Å². The van der Waals surface area contributed by atoms with Crippen molar-refractivity contribution in [2.75, 3.05) is 6.54 Å². The molecule has 0 aliphatic rings. The second-order valence-electron chi connectivity index (χ2n) is 6.90. The van der Waals surface area contributed by atoms with E-state index in [0.29, 0.717) is 11.5 Å². The molecular formula is C21H25N3O3S. The highest BCUT2D eigenvalue weighted by Crippen LogP contribution is 2.22. The number of carbonyl (C=O) groups excluding carboxylic acids is 1. The maximum atomic E-state index is 12.7. The van der Waals surface area contributed by atoms with Crippen molar-refractivity contribution in [3.05, 3.63) is 65.7 Å². The Bertz CT molecular complexity index is 918. The molecule has 0 saturated carbocycles. The predicted molar refractivity (Wildman–Crippen MR) is 108 cm³/mol. The Morgan fingerprint density at radius 1 is 1.07 bits per heavy atom. The van der Waals surface area contributed by atoms with Gasteiger partial charge in [0.05, 0.1) is 17.0 Å². The molecule has 0 saturated heterocycles. The van der Waals surface area contributed by atoms with E-state index in [1.54, 1.807) is 0 Å². The highest BCUT2D eigenvalue weighted by atomic mass is 32.2. The molecule has 0 aliphatic carbocycles. The van der Waals surface area contributed by atoms with Crippen LogP contribution in [0, 0.1) is 17.2 Å². The number of hydrogen-bond acceptors (Lipinski definition) is 4. The highest BCUT2D eigenvalue weighted by Gasteiger charge is 2.18. The summed E-state index contributed by atoms with van der Waals surface area (Å²) in [7, 11) is -3.69. The monoisotopic (exact) mass is 399 g/mol. The first kappa shape index (κ1) is 21.6. The van der Waals surface area contributed by atoms with Crippen LogP contribution in [0.1, 0.15) is 48.7 Å². The Morgan fingerprint density at radius 2 is 1.71 bits per heavy atom. The van der Waals surface area contributed by atoms with Gasteiger partial charge in [-0.3, -0.25) is 4.79 Å². The zero-order chi connectivity index (χ0) is 20.6. The molecule has 6 nitrogen and oxygen atoms in total. The van der Waals surface area contributed by atoms with E-state index < -0.39 is 10.0 Å². The van der Waals surface area contributed by atoms with E-state index in [4.69, 9.17) is 5.26 Å². The molecule has 0 aliphatic heterocycles. The van der Waals surface area contributed by atoms with E-state index in [9.17, 15) is 13.2 Å². The summed E-state index contributed by atoms with van der Waals surface area (Å²) in [5.74, 6) is 0.147. The van der Waals surface area contributed by atoms with Gasteiger partial charge in [0.2, 0.25) is 10.0 Å². The molecule has 0 bridgehead atoms. The van der Waals surface area contributed by atoms with Crippen molar-refractivity contribution in [2.45, 2.75) is 37.6 Å². The molecule has 28 heavy (non-hydrogen) atoms. The Morgan fingerprint density at radius 3 is 2.29 bits per heavy atom. The van der Waals surface area contributed by atoms with Crippen LogP contribution in [0.2, 0.25) is 0 Å². The number of nitrogens with one attached hydrogen (secondary N) is 2. The summed E-state index contributed by atoms with van der Waals surface area (Å²) in [6.07, 6.45) is 0.890. The molecule has 0 spiro atoms. The molecule has 2 aromatic rings. The molecular weight excluding hydrogens is 374 g/mol. The fraction of sp³-hybridized carbons (Fsp3) is 0.333. The lowest BCUT2D eigenvalue weighted by Crippen LogP contribution is -2.29. The van der Waals surface area contributed by atoms with E-state index >= 15 is 0 Å². The summed E-state index contributed by atoms with van der Waals surface area (Å²) in [6.45, 7) is 4.25. The number of rotatable bonds is 9. The summed E-state index contributed by atoms with van der Waals surface area (Å²) in [5.41, 5.74) is 1.42. The third-order valence-electron chi connectivity index (χ3n) is 4.17. The fourth-order valence-corrected chi connectivity index (χ4v) is 3.82. The van der Waals surface area contributed by atoms with Gasteiger partial charge in [-0.25, -0.2) is 13.1 Å². The Labute approximate surface area is 166 Å². The van der Waals surface area contributed by atoms with Gasteiger partial charge < -0.3 is 5.32 Å². The van der Waals surface area contributed by atoms with Gasteiger partial charge in [-0.2, -0.15) is 5.26 Å². The molecule has 148 valence electrons. The number of nitrogens with zero attached hydrogens (tertiary/aromatic N) is 1. The Balaban J connectivity index is 2.12.